The summed E-state index contributed by atoms with van der Waals surface area (Å²) in [6.45, 7) is 0.722. The van der Waals surface area contributed by atoms with Crippen LogP contribution in [0.15, 0.2) is 46.9 Å². The summed E-state index contributed by atoms with van der Waals surface area (Å²) in [6, 6.07) is 13.5. The van der Waals surface area contributed by atoms with E-state index in [1.807, 2.05) is 42.5 Å². The lowest BCUT2D eigenvalue weighted by Crippen LogP contribution is -1.95. The van der Waals surface area contributed by atoms with E-state index >= 15 is 0 Å². The molecular weight excluding hydrogens is 306 g/mol. The molecule has 2 N–H and O–H groups in total. The molecule has 19 heavy (non-hydrogen) atoms. The third kappa shape index (κ3) is 3.98. The number of rotatable bonds is 5. The molecule has 2 rings (SSSR count). The molecule has 0 aromatic heterocycles. The number of hydrogen-bond acceptors (Lipinski definition) is 3. The van der Waals surface area contributed by atoms with Gasteiger partial charge >= 0.3 is 0 Å². The fraction of sp³-hybridized carbons (Fsp3) is 0.200. The van der Waals surface area contributed by atoms with Crippen molar-refractivity contribution in [1.29, 1.82) is 0 Å². The van der Waals surface area contributed by atoms with Crippen LogP contribution in [-0.2, 0) is 11.2 Å². The van der Waals surface area contributed by atoms with E-state index in [1.165, 1.54) is 5.56 Å². The molecule has 2 aromatic carbocycles. The van der Waals surface area contributed by atoms with Crippen LogP contribution in [0.5, 0.6) is 11.5 Å². The Morgan fingerprint density at radius 2 is 1.84 bits per heavy atom. The van der Waals surface area contributed by atoms with Gasteiger partial charge in [0.05, 0.1) is 12.3 Å². The highest BCUT2D eigenvalue weighted by atomic mass is 79.9. The molecule has 0 unspecified atom stereocenters. The van der Waals surface area contributed by atoms with Crippen molar-refractivity contribution < 1.29 is 9.47 Å². The van der Waals surface area contributed by atoms with Gasteiger partial charge in [-0.15, -0.1) is 0 Å². The van der Waals surface area contributed by atoms with Crippen molar-refractivity contribution in [1.82, 2.24) is 0 Å². The summed E-state index contributed by atoms with van der Waals surface area (Å²) in [5.74, 6) is 1.43. The number of hydrogen-bond donors (Lipinski definition) is 1. The molecule has 0 saturated carbocycles. The summed E-state index contributed by atoms with van der Waals surface area (Å²) in [7, 11) is 1.70. The highest BCUT2D eigenvalue weighted by Crippen LogP contribution is 2.29. The monoisotopic (exact) mass is 321 g/mol. The molecular formula is C15H16BrNO2. The maximum Gasteiger partial charge on any atom is 0.150 e. The van der Waals surface area contributed by atoms with Gasteiger partial charge in [-0.05, 0) is 42.3 Å². The Morgan fingerprint density at radius 1 is 1.11 bits per heavy atom. The highest BCUT2D eigenvalue weighted by Gasteiger charge is 2.03. The quantitative estimate of drug-likeness (QED) is 0.846. The van der Waals surface area contributed by atoms with Gasteiger partial charge in [0.15, 0.2) is 0 Å². The smallest absolute Gasteiger partial charge is 0.150 e. The van der Waals surface area contributed by atoms with Crippen molar-refractivity contribution in [2.75, 3.05) is 19.5 Å². The van der Waals surface area contributed by atoms with Gasteiger partial charge in [-0.25, -0.2) is 0 Å². The number of nitrogens with two attached hydrogens (primary N) is 1. The molecule has 4 heteroatoms. The minimum atomic E-state index is 0.609. The predicted octanol–water partition coefficient (Wildman–Crippen LogP) is 4.01. The SMILES string of the molecule is COCCc1ccc(Oc2ccc(Br)cc2N)cc1. The van der Waals surface area contributed by atoms with E-state index in [-0.39, 0.29) is 0 Å². The standard InChI is InChI=1S/C15H16BrNO2/c1-18-9-8-11-2-5-13(6-3-11)19-15-7-4-12(16)10-14(15)17/h2-7,10H,8-9,17H2,1H3. The third-order valence-corrected chi connectivity index (χ3v) is 3.21. The second-order valence-electron chi connectivity index (χ2n) is 4.17. The molecule has 0 amide bonds. The normalized spacial score (nSPS) is 10.4. The van der Waals surface area contributed by atoms with Crippen molar-refractivity contribution >= 4 is 21.6 Å². The first-order chi connectivity index (χ1) is 9.19. The van der Waals surface area contributed by atoms with Gasteiger partial charge in [0.1, 0.15) is 11.5 Å². The fourth-order valence-electron chi connectivity index (χ4n) is 1.68. The number of ether oxygens (including phenoxy) is 2. The average molecular weight is 322 g/mol. The van der Waals surface area contributed by atoms with Gasteiger partial charge in [0, 0.05) is 11.6 Å². The van der Waals surface area contributed by atoms with E-state index in [0.29, 0.717) is 11.4 Å². The summed E-state index contributed by atoms with van der Waals surface area (Å²) in [4.78, 5) is 0. The van der Waals surface area contributed by atoms with E-state index in [1.54, 1.807) is 7.11 Å². The molecule has 0 atom stereocenters. The Labute approximate surface area is 121 Å². The van der Waals surface area contributed by atoms with E-state index in [2.05, 4.69) is 15.9 Å². The molecule has 0 aliphatic carbocycles. The first-order valence-corrected chi connectivity index (χ1v) is 6.79. The van der Waals surface area contributed by atoms with Crippen LogP contribution in [-0.4, -0.2) is 13.7 Å². The van der Waals surface area contributed by atoms with Crippen molar-refractivity contribution in [2.45, 2.75) is 6.42 Å². The van der Waals surface area contributed by atoms with Crippen LogP contribution in [0.4, 0.5) is 5.69 Å². The lowest BCUT2D eigenvalue weighted by atomic mass is 10.1. The van der Waals surface area contributed by atoms with Gasteiger partial charge in [-0.3, -0.25) is 0 Å². The van der Waals surface area contributed by atoms with Crippen molar-refractivity contribution in [2.24, 2.45) is 0 Å². The van der Waals surface area contributed by atoms with Crippen molar-refractivity contribution in [3.8, 4) is 11.5 Å². The minimum Gasteiger partial charge on any atom is -0.455 e. The van der Waals surface area contributed by atoms with Crippen molar-refractivity contribution in [3.63, 3.8) is 0 Å². The number of halogens is 1. The van der Waals surface area contributed by atoms with Crippen molar-refractivity contribution in [3.05, 3.63) is 52.5 Å². The largest absolute Gasteiger partial charge is 0.455 e. The Bertz CT molecular complexity index is 540. The summed E-state index contributed by atoms with van der Waals surface area (Å²) >= 11 is 3.37. The van der Waals surface area contributed by atoms with E-state index in [4.69, 9.17) is 15.2 Å². The van der Waals surface area contributed by atoms with Gasteiger partial charge in [0.2, 0.25) is 0 Å². The Balaban J connectivity index is 2.06. The highest BCUT2D eigenvalue weighted by molar-refractivity contribution is 9.10. The first-order valence-electron chi connectivity index (χ1n) is 6.00. The second kappa shape index (κ2) is 6.59. The molecule has 0 fully saturated rings. The summed E-state index contributed by atoms with van der Waals surface area (Å²) < 4.78 is 11.7. The topological polar surface area (TPSA) is 44.5 Å². The molecule has 0 aliphatic heterocycles. The average Bonchev–Trinajstić information content (AvgIpc) is 2.41. The maximum absolute atomic E-state index is 5.89. The zero-order valence-electron chi connectivity index (χ0n) is 10.7. The van der Waals surface area contributed by atoms with Crippen LogP contribution in [0.1, 0.15) is 5.56 Å². The van der Waals surface area contributed by atoms with E-state index < -0.39 is 0 Å². The van der Waals surface area contributed by atoms with Gasteiger partial charge in [0.25, 0.3) is 0 Å². The minimum absolute atomic E-state index is 0.609. The Hall–Kier alpha value is -1.52. The first kappa shape index (κ1) is 13.9. The molecule has 0 aliphatic rings. The van der Waals surface area contributed by atoms with Gasteiger partial charge in [-0.2, -0.15) is 0 Å². The van der Waals surface area contributed by atoms with Gasteiger partial charge in [-0.1, -0.05) is 28.1 Å². The summed E-state index contributed by atoms with van der Waals surface area (Å²) in [5.41, 5.74) is 7.72. The van der Waals surface area contributed by atoms with Gasteiger partial charge < -0.3 is 15.2 Å². The number of nitrogen functional groups attached to an aromatic ring is 1. The molecule has 0 bridgehead atoms. The second-order valence-corrected chi connectivity index (χ2v) is 5.09. The molecule has 0 spiro atoms. The molecule has 0 heterocycles. The molecule has 0 saturated heterocycles. The van der Waals surface area contributed by atoms with Crippen LogP contribution in [0.2, 0.25) is 0 Å². The maximum atomic E-state index is 5.89. The molecule has 0 radical (unpaired) electrons. The van der Waals surface area contributed by atoms with E-state index in [9.17, 15) is 0 Å². The summed E-state index contributed by atoms with van der Waals surface area (Å²) in [5, 5.41) is 0. The zero-order chi connectivity index (χ0) is 13.7. The Kier molecular flexibility index (Phi) is 4.82. The lowest BCUT2D eigenvalue weighted by molar-refractivity contribution is 0.202. The summed E-state index contributed by atoms with van der Waals surface area (Å²) in [6.07, 6.45) is 0.900. The lowest BCUT2D eigenvalue weighted by Gasteiger charge is -2.09. The third-order valence-electron chi connectivity index (χ3n) is 2.72. The van der Waals surface area contributed by atoms with Crippen LogP contribution in [0.3, 0.4) is 0 Å². The Morgan fingerprint density at radius 3 is 2.47 bits per heavy atom. The predicted molar refractivity (Wildman–Crippen MR) is 80.7 cm³/mol. The van der Waals surface area contributed by atoms with Crippen LogP contribution in [0, 0.1) is 0 Å². The van der Waals surface area contributed by atoms with Crippen LogP contribution in [0.25, 0.3) is 0 Å². The van der Waals surface area contributed by atoms with Crippen LogP contribution < -0.4 is 10.5 Å². The molecule has 3 nitrogen and oxygen atoms in total. The molecule has 100 valence electrons. The van der Waals surface area contributed by atoms with E-state index in [0.717, 1.165) is 23.2 Å². The fourth-order valence-corrected chi connectivity index (χ4v) is 2.06. The van der Waals surface area contributed by atoms with Crippen LogP contribution >= 0.6 is 15.9 Å². The number of anilines is 1. The molecule has 2 aromatic rings. The number of methoxy groups -OCH3 is 1. The number of benzene rings is 2. The zero-order valence-corrected chi connectivity index (χ0v) is 12.3.